The Labute approximate surface area is 80.2 Å². The van der Waals surface area contributed by atoms with Gasteiger partial charge in [0.1, 0.15) is 0 Å². The highest BCUT2D eigenvalue weighted by Crippen LogP contribution is 2.37. The first kappa shape index (κ1) is 8.92. The van der Waals surface area contributed by atoms with Crippen LogP contribution in [0.2, 0.25) is 0 Å². The lowest BCUT2D eigenvalue weighted by Crippen LogP contribution is -2.31. The standard InChI is InChI=1S/C11H18N2/c1-6-5-7(2)11-10(6)12-8(3)9(4)13-11/h6-7,10-11H,5H2,1-4H3. The summed E-state index contributed by atoms with van der Waals surface area (Å²) < 4.78 is 0. The SMILES string of the molecule is CC1=NC2C(C)CC(C)C2N=C1C. The van der Waals surface area contributed by atoms with Gasteiger partial charge in [0, 0.05) is 0 Å². The fourth-order valence-electron chi connectivity index (χ4n) is 2.58. The Morgan fingerprint density at radius 3 is 1.69 bits per heavy atom. The van der Waals surface area contributed by atoms with Gasteiger partial charge in [-0.2, -0.15) is 0 Å². The number of rotatable bonds is 0. The summed E-state index contributed by atoms with van der Waals surface area (Å²) in [7, 11) is 0. The van der Waals surface area contributed by atoms with Gasteiger partial charge in [-0.15, -0.1) is 0 Å². The van der Waals surface area contributed by atoms with Crippen LogP contribution in [0.3, 0.4) is 0 Å². The summed E-state index contributed by atoms with van der Waals surface area (Å²) in [5, 5.41) is 0. The number of aliphatic imine (C=N–C) groups is 2. The van der Waals surface area contributed by atoms with Crippen LogP contribution in [0.15, 0.2) is 9.98 Å². The zero-order valence-corrected chi connectivity index (χ0v) is 8.91. The molecule has 0 saturated heterocycles. The molecule has 1 saturated carbocycles. The Bertz CT molecular complexity index is 250. The van der Waals surface area contributed by atoms with Crippen LogP contribution in [0.25, 0.3) is 0 Å². The highest BCUT2D eigenvalue weighted by Gasteiger charge is 2.40. The molecule has 72 valence electrons. The average molecular weight is 178 g/mol. The molecule has 13 heavy (non-hydrogen) atoms. The minimum Gasteiger partial charge on any atom is -0.282 e. The van der Waals surface area contributed by atoms with Crippen LogP contribution in [-0.2, 0) is 0 Å². The summed E-state index contributed by atoms with van der Waals surface area (Å²) in [6.45, 7) is 8.75. The molecule has 2 heteroatoms. The number of hydrogen-bond acceptors (Lipinski definition) is 2. The van der Waals surface area contributed by atoms with Crippen LogP contribution in [0, 0.1) is 11.8 Å². The third-order valence-electron chi connectivity index (χ3n) is 3.47. The van der Waals surface area contributed by atoms with Crippen molar-refractivity contribution in [2.24, 2.45) is 21.8 Å². The van der Waals surface area contributed by atoms with E-state index in [0.29, 0.717) is 23.9 Å². The maximum absolute atomic E-state index is 4.74. The number of nitrogens with zero attached hydrogens (tertiary/aromatic N) is 2. The molecule has 2 rings (SSSR count). The smallest absolute Gasteiger partial charge is 0.0755 e. The third kappa shape index (κ3) is 1.32. The van der Waals surface area contributed by atoms with Gasteiger partial charge < -0.3 is 0 Å². The molecule has 0 radical (unpaired) electrons. The van der Waals surface area contributed by atoms with E-state index >= 15 is 0 Å². The summed E-state index contributed by atoms with van der Waals surface area (Å²) in [4.78, 5) is 9.49. The average Bonchev–Trinajstić information content (AvgIpc) is 2.31. The first-order chi connectivity index (χ1) is 6.09. The Balaban J connectivity index is 2.31. The van der Waals surface area contributed by atoms with Gasteiger partial charge in [0.25, 0.3) is 0 Å². The lowest BCUT2D eigenvalue weighted by atomic mass is 10.0. The Kier molecular flexibility index (Phi) is 2.01. The molecule has 0 spiro atoms. The van der Waals surface area contributed by atoms with Gasteiger partial charge in [-0.05, 0) is 32.1 Å². The molecule has 0 aromatic carbocycles. The third-order valence-corrected chi connectivity index (χ3v) is 3.47. The van der Waals surface area contributed by atoms with E-state index in [-0.39, 0.29) is 0 Å². The van der Waals surface area contributed by atoms with E-state index in [2.05, 4.69) is 27.7 Å². The molecule has 1 aliphatic carbocycles. The molecule has 0 aromatic heterocycles. The summed E-state index contributed by atoms with van der Waals surface area (Å²) >= 11 is 0. The molecule has 2 nitrogen and oxygen atoms in total. The van der Waals surface area contributed by atoms with Gasteiger partial charge in [0.2, 0.25) is 0 Å². The molecule has 2 aliphatic rings. The lowest BCUT2D eigenvalue weighted by Gasteiger charge is -2.23. The van der Waals surface area contributed by atoms with Gasteiger partial charge in [-0.25, -0.2) is 0 Å². The van der Waals surface area contributed by atoms with Gasteiger partial charge in [0.05, 0.1) is 23.5 Å². The van der Waals surface area contributed by atoms with Crippen molar-refractivity contribution in [1.82, 2.24) is 0 Å². The zero-order valence-electron chi connectivity index (χ0n) is 8.91. The number of hydrogen-bond donors (Lipinski definition) is 0. The van der Waals surface area contributed by atoms with Crippen molar-refractivity contribution >= 4 is 11.4 Å². The predicted molar refractivity (Wildman–Crippen MR) is 56.7 cm³/mol. The van der Waals surface area contributed by atoms with E-state index < -0.39 is 0 Å². The van der Waals surface area contributed by atoms with Crippen molar-refractivity contribution in [2.75, 3.05) is 0 Å². The van der Waals surface area contributed by atoms with Gasteiger partial charge in [-0.3, -0.25) is 9.98 Å². The predicted octanol–water partition coefficient (Wildman–Crippen LogP) is 2.33. The summed E-state index contributed by atoms with van der Waals surface area (Å²) in [6.07, 6.45) is 1.28. The molecule has 1 aliphatic heterocycles. The van der Waals surface area contributed by atoms with E-state index in [1.807, 2.05) is 0 Å². The number of fused-ring (bicyclic) bond motifs is 1. The Morgan fingerprint density at radius 1 is 0.923 bits per heavy atom. The minimum atomic E-state index is 0.471. The van der Waals surface area contributed by atoms with Crippen LogP contribution >= 0.6 is 0 Å². The van der Waals surface area contributed by atoms with Gasteiger partial charge in [0.15, 0.2) is 0 Å². The first-order valence-corrected chi connectivity index (χ1v) is 5.18. The first-order valence-electron chi connectivity index (χ1n) is 5.18. The molecule has 1 heterocycles. The van der Waals surface area contributed by atoms with Gasteiger partial charge in [-0.1, -0.05) is 13.8 Å². The van der Waals surface area contributed by atoms with Crippen LogP contribution in [0.1, 0.15) is 34.1 Å². The molecule has 0 bridgehead atoms. The second-order valence-electron chi connectivity index (χ2n) is 4.60. The highest BCUT2D eigenvalue weighted by molar-refractivity contribution is 6.41. The van der Waals surface area contributed by atoms with Gasteiger partial charge >= 0.3 is 0 Å². The van der Waals surface area contributed by atoms with E-state index in [1.54, 1.807) is 0 Å². The van der Waals surface area contributed by atoms with Crippen molar-refractivity contribution in [3.05, 3.63) is 0 Å². The topological polar surface area (TPSA) is 24.7 Å². The fourth-order valence-corrected chi connectivity index (χ4v) is 2.58. The second-order valence-corrected chi connectivity index (χ2v) is 4.60. The fraction of sp³-hybridized carbons (Fsp3) is 0.818. The summed E-state index contributed by atoms with van der Waals surface area (Å²) in [5.74, 6) is 1.43. The van der Waals surface area contributed by atoms with E-state index in [1.165, 1.54) is 6.42 Å². The van der Waals surface area contributed by atoms with Crippen molar-refractivity contribution in [3.8, 4) is 0 Å². The molecule has 4 atom stereocenters. The molecule has 1 fully saturated rings. The van der Waals surface area contributed by atoms with Crippen LogP contribution < -0.4 is 0 Å². The molecule has 0 amide bonds. The van der Waals surface area contributed by atoms with E-state index in [4.69, 9.17) is 9.98 Å². The molecule has 4 unspecified atom stereocenters. The Hall–Kier alpha value is -0.660. The largest absolute Gasteiger partial charge is 0.282 e. The van der Waals surface area contributed by atoms with E-state index in [0.717, 1.165) is 11.4 Å². The van der Waals surface area contributed by atoms with Crippen molar-refractivity contribution < 1.29 is 0 Å². The monoisotopic (exact) mass is 178 g/mol. The maximum atomic E-state index is 4.74. The molecule has 0 N–H and O–H groups in total. The minimum absolute atomic E-state index is 0.471. The van der Waals surface area contributed by atoms with Crippen molar-refractivity contribution in [3.63, 3.8) is 0 Å². The normalized spacial score (nSPS) is 44.0. The lowest BCUT2D eigenvalue weighted by molar-refractivity contribution is 0.484. The maximum Gasteiger partial charge on any atom is 0.0755 e. The van der Waals surface area contributed by atoms with Crippen molar-refractivity contribution in [2.45, 2.75) is 46.2 Å². The van der Waals surface area contributed by atoms with Crippen LogP contribution in [0.5, 0.6) is 0 Å². The molecular formula is C11H18N2. The quantitative estimate of drug-likeness (QED) is 0.544. The van der Waals surface area contributed by atoms with E-state index in [9.17, 15) is 0 Å². The van der Waals surface area contributed by atoms with Crippen molar-refractivity contribution in [1.29, 1.82) is 0 Å². The van der Waals surface area contributed by atoms with Crippen LogP contribution in [-0.4, -0.2) is 23.5 Å². The molecular weight excluding hydrogens is 160 g/mol. The summed E-state index contributed by atoms with van der Waals surface area (Å²) in [5.41, 5.74) is 2.28. The second kappa shape index (κ2) is 2.93. The summed E-state index contributed by atoms with van der Waals surface area (Å²) in [6, 6.07) is 0.942. The zero-order chi connectivity index (χ0) is 9.59. The highest BCUT2D eigenvalue weighted by atomic mass is 15.0. The Morgan fingerprint density at radius 2 is 1.31 bits per heavy atom. The van der Waals surface area contributed by atoms with Crippen LogP contribution in [0.4, 0.5) is 0 Å². The molecule has 0 aromatic rings.